The fourth-order valence-electron chi connectivity index (χ4n) is 3.67. The first kappa shape index (κ1) is 19.1. The van der Waals surface area contributed by atoms with Crippen molar-refractivity contribution in [3.63, 3.8) is 0 Å². The van der Waals surface area contributed by atoms with Gasteiger partial charge in [0.1, 0.15) is 5.76 Å². The highest BCUT2D eigenvalue weighted by molar-refractivity contribution is 7.90. The Bertz CT molecular complexity index is 920. The molecular formula is C18H20ClNO5S. The molecule has 2 N–H and O–H groups in total. The monoisotopic (exact) mass is 397 g/mol. The van der Waals surface area contributed by atoms with E-state index in [9.17, 15) is 18.3 Å². The number of carbonyl (C=O) groups excluding carboxylic acids is 1. The van der Waals surface area contributed by atoms with Crippen LogP contribution in [-0.2, 0) is 14.6 Å². The molecule has 2 atom stereocenters. The second-order valence-corrected chi connectivity index (χ2v) is 9.12. The Labute approximate surface area is 157 Å². The fourth-order valence-corrected chi connectivity index (χ4v) is 4.65. The van der Waals surface area contributed by atoms with Gasteiger partial charge in [-0.3, -0.25) is 9.79 Å². The third kappa shape index (κ3) is 3.43. The number of aliphatic imine (C=N–C) groups is 1. The third-order valence-electron chi connectivity index (χ3n) is 4.94. The summed E-state index contributed by atoms with van der Waals surface area (Å²) in [4.78, 5) is 17.2. The van der Waals surface area contributed by atoms with Crippen LogP contribution in [0.5, 0.6) is 0 Å². The van der Waals surface area contributed by atoms with Gasteiger partial charge in [-0.15, -0.1) is 0 Å². The molecule has 26 heavy (non-hydrogen) atoms. The van der Waals surface area contributed by atoms with E-state index < -0.39 is 9.84 Å². The number of hydrogen-bond acceptors (Lipinski definition) is 6. The Kier molecular flexibility index (Phi) is 5.23. The van der Waals surface area contributed by atoms with Gasteiger partial charge in [0.15, 0.2) is 15.6 Å². The van der Waals surface area contributed by atoms with E-state index in [0.29, 0.717) is 12.1 Å². The summed E-state index contributed by atoms with van der Waals surface area (Å²) in [6.07, 6.45) is 3.34. The summed E-state index contributed by atoms with van der Waals surface area (Å²) < 4.78 is 23.3. The van der Waals surface area contributed by atoms with Crippen molar-refractivity contribution in [2.45, 2.75) is 24.2 Å². The number of allylic oxidation sites excluding steroid dienone is 1. The number of aliphatic hydroxyl groups excluding tert-OH is 2. The van der Waals surface area contributed by atoms with Gasteiger partial charge in [-0.1, -0.05) is 11.6 Å². The second kappa shape index (κ2) is 7.13. The molecule has 0 saturated heterocycles. The summed E-state index contributed by atoms with van der Waals surface area (Å²) in [6, 6.07) is 4.00. The predicted molar refractivity (Wildman–Crippen MR) is 99.3 cm³/mol. The van der Waals surface area contributed by atoms with E-state index in [-0.39, 0.29) is 57.6 Å². The molecule has 8 heteroatoms. The van der Waals surface area contributed by atoms with Crippen molar-refractivity contribution >= 4 is 38.7 Å². The van der Waals surface area contributed by atoms with Crippen LogP contribution in [0, 0.1) is 11.8 Å². The molecule has 0 amide bonds. The first-order chi connectivity index (χ1) is 12.2. The maximum Gasteiger partial charge on any atom is 0.175 e. The smallest absolute Gasteiger partial charge is 0.175 e. The average molecular weight is 398 g/mol. The minimum absolute atomic E-state index is 0.0354. The van der Waals surface area contributed by atoms with E-state index in [0.717, 1.165) is 19.1 Å². The van der Waals surface area contributed by atoms with E-state index in [1.165, 1.54) is 18.2 Å². The number of carbonyl (C=O) groups is 1. The molecule has 1 aromatic rings. The number of aliphatic hydroxyl groups is 2. The van der Waals surface area contributed by atoms with Crippen LogP contribution in [0.1, 0.15) is 24.8 Å². The molecule has 0 aliphatic heterocycles. The van der Waals surface area contributed by atoms with Gasteiger partial charge in [-0.2, -0.15) is 0 Å². The zero-order chi connectivity index (χ0) is 19.1. The normalized spacial score (nSPS) is 26.4. The van der Waals surface area contributed by atoms with Crippen molar-refractivity contribution in [2.75, 3.05) is 19.4 Å². The minimum atomic E-state index is -3.43. The van der Waals surface area contributed by atoms with Crippen molar-refractivity contribution in [1.29, 1.82) is 0 Å². The Morgan fingerprint density at radius 3 is 2.62 bits per heavy atom. The summed E-state index contributed by atoms with van der Waals surface area (Å²) in [5.41, 5.74) is 0.852. The summed E-state index contributed by atoms with van der Waals surface area (Å²) in [6.45, 7) is 0.00695. The molecule has 3 rings (SSSR count). The van der Waals surface area contributed by atoms with Crippen LogP contribution in [0.3, 0.4) is 0 Å². The van der Waals surface area contributed by atoms with Gasteiger partial charge in [0.2, 0.25) is 0 Å². The number of halogens is 1. The minimum Gasteiger partial charge on any atom is -0.506 e. The fraction of sp³-hybridized carbons (Fsp3) is 0.444. The van der Waals surface area contributed by atoms with Crippen LogP contribution < -0.4 is 0 Å². The van der Waals surface area contributed by atoms with Gasteiger partial charge >= 0.3 is 0 Å². The Morgan fingerprint density at radius 2 is 2.00 bits per heavy atom. The molecule has 0 heterocycles. The van der Waals surface area contributed by atoms with Crippen LogP contribution >= 0.6 is 11.6 Å². The average Bonchev–Trinajstić information content (AvgIpc) is 3.02. The van der Waals surface area contributed by atoms with Crippen LogP contribution in [0.25, 0.3) is 5.76 Å². The zero-order valence-electron chi connectivity index (χ0n) is 14.3. The summed E-state index contributed by atoms with van der Waals surface area (Å²) in [5, 5.41) is 19.9. The van der Waals surface area contributed by atoms with Crippen molar-refractivity contribution in [3.05, 3.63) is 34.4 Å². The van der Waals surface area contributed by atoms with Gasteiger partial charge in [-0.25, -0.2) is 8.42 Å². The maximum absolute atomic E-state index is 12.8. The molecule has 2 unspecified atom stereocenters. The predicted octanol–water partition coefficient (Wildman–Crippen LogP) is 2.44. The van der Waals surface area contributed by atoms with Gasteiger partial charge in [-0.05, 0) is 37.5 Å². The summed E-state index contributed by atoms with van der Waals surface area (Å²) in [5.74, 6) is -0.515. The highest BCUT2D eigenvalue weighted by atomic mass is 35.5. The molecule has 0 spiro atoms. The highest BCUT2D eigenvalue weighted by Gasteiger charge is 2.43. The summed E-state index contributed by atoms with van der Waals surface area (Å²) in [7, 11) is -3.43. The van der Waals surface area contributed by atoms with E-state index >= 15 is 0 Å². The van der Waals surface area contributed by atoms with E-state index in [2.05, 4.69) is 4.99 Å². The Balaban J connectivity index is 2.13. The molecular weight excluding hydrogens is 378 g/mol. The van der Waals surface area contributed by atoms with Gasteiger partial charge in [0.05, 0.1) is 34.4 Å². The third-order valence-corrected chi connectivity index (χ3v) is 6.36. The van der Waals surface area contributed by atoms with Crippen LogP contribution in [0.15, 0.2) is 33.7 Å². The molecule has 0 aromatic heterocycles. The topological polar surface area (TPSA) is 104 Å². The van der Waals surface area contributed by atoms with E-state index in [4.69, 9.17) is 16.7 Å². The second-order valence-electron chi connectivity index (χ2n) is 6.70. The van der Waals surface area contributed by atoms with E-state index in [1.807, 2.05) is 0 Å². The number of benzene rings is 1. The first-order valence-corrected chi connectivity index (χ1v) is 10.6. The lowest BCUT2D eigenvalue weighted by Crippen LogP contribution is -2.30. The lowest BCUT2D eigenvalue weighted by atomic mass is 9.80. The quantitative estimate of drug-likeness (QED) is 0.599. The van der Waals surface area contributed by atoms with Crippen molar-refractivity contribution in [2.24, 2.45) is 16.8 Å². The molecule has 6 nitrogen and oxygen atoms in total. The van der Waals surface area contributed by atoms with Crippen LogP contribution in [0.4, 0.5) is 0 Å². The lowest BCUT2D eigenvalue weighted by molar-refractivity contribution is -0.118. The maximum atomic E-state index is 12.8. The van der Waals surface area contributed by atoms with Crippen LogP contribution in [-0.4, -0.2) is 49.5 Å². The number of Topliss-reactive ketones (excluding diaryl/α,β-unsaturated/α-hetero) is 1. The zero-order valence-corrected chi connectivity index (χ0v) is 15.8. The summed E-state index contributed by atoms with van der Waals surface area (Å²) >= 11 is 6.19. The van der Waals surface area contributed by atoms with Gasteiger partial charge < -0.3 is 10.2 Å². The molecule has 2 bridgehead atoms. The van der Waals surface area contributed by atoms with Gasteiger partial charge in [0.25, 0.3) is 0 Å². The molecule has 140 valence electrons. The molecule has 2 fully saturated rings. The van der Waals surface area contributed by atoms with Crippen LogP contribution in [0.2, 0.25) is 5.02 Å². The van der Waals surface area contributed by atoms with Gasteiger partial charge in [0, 0.05) is 23.7 Å². The van der Waals surface area contributed by atoms with Crippen molar-refractivity contribution in [1.82, 2.24) is 0 Å². The largest absolute Gasteiger partial charge is 0.506 e. The first-order valence-electron chi connectivity index (χ1n) is 8.37. The van der Waals surface area contributed by atoms with Crippen molar-refractivity contribution < 1.29 is 23.4 Å². The number of rotatable bonds is 4. The number of hydrogen-bond donors (Lipinski definition) is 2. The number of ketones is 1. The lowest BCUT2D eigenvalue weighted by Gasteiger charge is -2.24. The Hall–Kier alpha value is -1.70. The molecule has 2 aliphatic carbocycles. The van der Waals surface area contributed by atoms with Crippen molar-refractivity contribution in [3.8, 4) is 0 Å². The number of sulfone groups is 1. The SMILES string of the molecule is CS(=O)(=O)c1ccc(/C(O)=C2\C(=O)C3CCC(C3)C2=NCCO)c(Cl)c1. The number of fused-ring (bicyclic) bond motifs is 2. The highest BCUT2D eigenvalue weighted by Crippen LogP contribution is 2.43. The Morgan fingerprint density at radius 1 is 1.31 bits per heavy atom. The number of nitrogens with zero attached hydrogens (tertiary/aromatic N) is 1. The van der Waals surface area contributed by atoms with E-state index in [1.54, 1.807) is 0 Å². The molecule has 1 aromatic carbocycles. The molecule has 0 radical (unpaired) electrons. The standard InChI is InChI=1S/C18H20ClNO5S/c1-26(24,25)12-4-5-13(14(19)9-12)18(23)15-16(20-6-7-21)10-2-3-11(8-10)17(15)22/h4-5,9-11,21,23H,2-3,6-8H2,1H3/b18-15+,20-16?. The molecule has 2 saturated carbocycles. The molecule has 2 aliphatic rings.